The maximum atomic E-state index is 13.3. The molecule has 3 aromatic rings. The van der Waals surface area contributed by atoms with Crippen LogP contribution < -0.4 is 10.6 Å². The fourth-order valence-corrected chi connectivity index (χ4v) is 3.41. The number of ketones is 2. The third-order valence-electron chi connectivity index (χ3n) is 4.78. The zero-order valence-electron chi connectivity index (χ0n) is 15.2. The second kappa shape index (κ2) is 6.78. The number of rotatable bonds is 4. The largest absolute Gasteiger partial charge is 0.350 e. The number of fused-ring (bicyclic) bond motifs is 1. The van der Waals surface area contributed by atoms with E-state index >= 15 is 0 Å². The van der Waals surface area contributed by atoms with Gasteiger partial charge in [0.25, 0.3) is 5.91 Å². The molecule has 0 unspecified atom stereocenters. The van der Waals surface area contributed by atoms with Gasteiger partial charge in [-0.1, -0.05) is 60.2 Å². The SMILES string of the molecule is Cc1cccc(C(=O)NC2(Nc3ccccc3)C(=O)c3ccccc3C2=O)c1. The molecule has 0 spiro atoms. The van der Waals surface area contributed by atoms with Crippen LogP contribution in [-0.4, -0.2) is 23.1 Å². The third kappa shape index (κ3) is 2.87. The van der Waals surface area contributed by atoms with Crippen LogP contribution in [0, 0.1) is 6.92 Å². The first-order chi connectivity index (χ1) is 13.5. The lowest BCUT2D eigenvalue weighted by molar-refractivity contribution is 0.0726. The lowest BCUT2D eigenvalue weighted by Crippen LogP contribution is -2.62. The Bertz CT molecular complexity index is 1050. The molecule has 0 aromatic heterocycles. The Morgan fingerprint density at radius 2 is 1.39 bits per heavy atom. The van der Waals surface area contributed by atoms with E-state index in [0.717, 1.165) is 5.56 Å². The van der Waals surface area contributed by atoms with Gasteiger partial charge in [-0.3, -0.25) is 14.4 Å². The van der Waals surface area contributed by atoms with Crippen molar-refractivity contribution in [1.29, 1.82) is 0 Å². The maximum absolute atomic E-state index is 13.3. The number of Topliss-reactive ketones (excluding diaryl/α,β-unsaturated/α-hetero) is 2. The molecule has 2 N–H and O–H groups in total. The van der Waals surface area contributed by atoms with E-state index in [2.05, 4.69) is 10.6 Å². The van der Waals surface area contributed by atoms with Crippen molar-refractivity contribution < 1.29 is 14.4 Å². The van der Waals surface area contributed by atoms with Crippen molar-refractivity contribution in [2.45, 2.75) is 12.6 Å². The van der Waals surface area contributed by atoms with Crippen LogP contribution in [0.1, 0.15) is 36.6 Å². The molecule has 4 rings (SSSR count). The molecule has 0 saturated carbocycles. The van der Waals surface area contributed by atoms with Crippen molar-refractivity contribution in [3.05, 3.63) is 101 Å². The Labute approximate surface area is 162 Å². The maximum Gasteiger partial charge on any atom is 0.253 e. The van der Waals surface area contributed by atoms with Gasteiger partial charge in [-0.15, -0.1) is 0 Å². The van der Waals surface area contributed by atoms with Gasteiger partial charge in [0.05, 0.1) is 0 Å². The summed E-state index contributed by atoms with van der Waals surface area (Å²) in [6, 6.07) is 22.5. The van der Waals surface area contributed by atoms with Crippen molar-refractivity contribution in [3.8, 4) is 0 Å². The summed E-state index contributed by atoms with van der Waals surface area (Å²) in [4.78, 5) is 39.5. The Balaban J connectivity index is 1.78. The summed E-state index contributed by atoms with van der Waals surface area (Å²) in [6.45, 7) is 1.87. The molecule has 0 aliphatic heterocycles. The zero-order chi connectivity index (χ0) is 19.7. The Hall–Kier alpha value is -3.73. The van der Waals surface area contributed by atoms with Crippen LogP contribution in [0.15, 0.2) is 78.9 Å². The van der Waals surface area contributed by atoms with Crippen molar-refractivity contribution in [3.63, 3.8) is 0 Å². The molecule has 0 fully saturated rings. The number of benzene rings is 3. The van der Waals surface area contributed by atoms with Gasteiger partial charge in [-0.2, -0.15) is 0 Å². The molecule has 0 saturated heterocycles. The molecule has 1 aliphatic carbocycles. The normalized spacial score (nSPS) is 14.5. The second-order valence-corrected chi connectivity index (χ2v) is 6.77. The first-order valence-electron chi connectivity index (χ1n) is 8.92. The number of hydrogen-bond acceptors (Lipinski definition) is 4. The molecule has 0 heterocycles. The summed E-state index contributed by atoms with van der Waals surface area (Å²) in [5.74, 6) is -1.45. The van der Waals surface area contributed by atoms with Gasteiger partial charge in [0.15, 0.2) is 0 Å². The fourth-order valence-electron chi connectivity index (χ4n) is 3.41. The highest BCUT2D eigenvalue weighted by molar-refractivity contribution is 6.35. The highest BCUT2D eigenvalue weighted by Crippen LogP contribution is 2.31. The van der Waals surface area contributed by atoms with Gasteiger partial charge < -0.3 is 10.6 Å². The smallest absolute Gasteiger partial charge is 0.253 e. The summed E-state index contributed by atoms with van der Waals surface area (Å²) < 4.78 is 0. The highest BCUT2D eigenvalue weighted by atomic mass is 16.2. The van der Waals surface area contributed by atoms with E-state index in [1.807, 2.05) is 19.1 Å². The van der Waals surface area contributed by atoms with E-state index in [0.29, 0.717) is 22.4 Å². The average Bonchev–Trinajstić information content (AvgIpc) is 2.91. The average molecular weight is 370 g/mol. The number of aryl methyl sites for hydroxylation is 1. The molecular weight excluding hydrogens is 352 g/mol. The van der Waals surface area contributed by atoms with Gasteiger partial charge in [-0.05, 0) is 31.2 Å². The van der Waals surface area contributed by atoms with Crippen molar-refractivity contribution in [2.75, 3.05) is 5.32 Å². The highest BCUT2D eigenvalue weighted by Gasteiger charge is 2.54. The molecule has 5 nitrogen and oxygen atoms in total. The van der Waals surface area contributed by atoms with E-state index in [1.54, 1.807) is 66.7 Å². The van der Waals surface area contributed by atoms with E-state index in [9.17, 15) is 14.4 Å². The predicted molar refractivity (Wildman–Crippen MR) is 107 cm³/mol. The summed E-state index contributed by atoms with van der Waals surface area (Å²) >= 11 is 0. The summed E-state index contributed by atoms with van der Waals surface area (Å²) in [5.41, 5.74) is 0.546. The molecule has 0 radical (unpaired) electrons. The number of carbonyl (C=O) groups is 3. The van der Waals surface area contributed by atoms with Gasteiger partial charge in [0.2, 0.25) is 17.2 Å². The quantitative estimate of drug-likeness (QED) is 0.543. The topological polar surface area (TPSA) is 75.3 Å². The van der Waals surface area contributed by atoms with Gasteiger partial charge in [0, 0.05) is 22.4 Å². The molecule has 28 heavy (non-hydrogen) atoms. The fraction of sp³-hybridized carbons (Fsp3) is 0.0870. The molecular formula is C23H18N2O3. The second-order valence-electron chi connectivity index (χ2n) is 6.77. The minimum atomic E-state index is -1.88. The number of anilines is 1. The van der Waals surface area contributed by atoms with Gasteiger partial charge >= 0.3 is 0 Å². The third-order valence-corrected chi connectivity index (χ3v) is 4.78. The number of hydrogen-bond donors (Lipinski definition) is 2. The van der Waals surface area contributed by atoms with E-state index in [1.165, 1.54) is 0 Å². The molecule has 3 aromatic carbocycles. The van der Waals surface area contributed by atoms with Crippen molar-refractivity contribution >= 4 is 23.2 Å². The first-order valence-corrected chi connectivity index (χ1v) is 8.92. The minimum Gasteiger partial charge on any atom is -0.350 e. The Kier molecular flexibility index (Phi) is 4.28. The van der Waals surface area contributed by atoms with Crippen LogP contribution in [0.2, 0.25) is 0 Å². The van der Waals surface area contributed by atoms with E-state index in [-0.39, 0.29) is 0 Å². The van der Waals surface area contributed by atoms with Gasteiger partial charge in [0.1, 0.15) is 0 Å². The van der Waals surface area contributed by atoms with Crippen LogP contribution in [0.25, 0.3) is 0 Å². The minimum absolute atomic E-state index is 0.292. The lowest BCUT2D eigenvalue weighted by atomic mass is 10.0. The summed E-state index contributed by atoms with van der Waals surface area (Å²) in [7, 11) is 0. The number of nitrogens with one attached hydrogen (secondary N) is 2. The molecule has 1 aliphatic rings. The van der Waals surface area contributed by atoms with Crippen LogP contribution in [-0.2, 0) is 0 Å². The Morgan fingerprint density at radius 1 is 0.786 bits per heavy atom. The van der Waals surface area contributed by atoms with Crippen LogP contribution >= 0.6 is 0 Å². The monoisotopic (exact) mass is 370 g/mol. The number of amides is 1. The van der Waals surface area contributed by atoms with E-state index < -0.39 is 23.1 Å². The Morgan fingerprint density at radius 3 is 2.00 bits per heavy atom. The van der Waals surface area contributed by atoms with Crippen LogP contribution in [0.5, 0.6) is 0 Å². The zero-order valence-corrected chi connectivity index (χ0v) is 15.2. The molecule has 0 atom stereocenters. The molecule has 0 bridgehead atoms. The number of carbonyl (C=O) groups excluding carboxylic acids is 3. The van der Waals surface area contributed by atoms with Crippen molar-refractivity contribution in [2.24, 2.45) is 0 Å². The number of para-hydroxylation sites is 1. The van der Waals surface area contributed by atoms with Crippen molar-refractivity contribution in [1.82, 2.24) is 5.32 Å². The predicted octanol–water partition coefficient (Wildman–Crippen LogP) is 3.61. The van der Waals surface area contributed by atoms with Gasteiger partial charge in [-0.25, -0.2) is 0 Å². The summed E-state index contributed by atoms with van der Waals surface area (Å²) in [5, 5.41) is 5.67. The standard InChI is InChI=1S/C23H18N2O3/c1-15-8-7-9-16(14-15)22(28)25-23(24-17-10-3-2-4-11-17)20(26)18-12-5-6-13-19(18)21(23)27/h2-14,24H,1H3,(H,25,28). The summed E-state index contributed by atoms with van der Waals surface area (Å²) in [6.07, 6.45) is 0. The molecule has 1 amide bonds. The van der Waals surface area contributed by atoms with Crippen LogP contribution in [0.3, 0.4) is 0 Å². The lowest BCUT2D eigenvalue weighted by Gasteiger charge is -2.29. The first kappa shape index (κ1) is 17.7. The van der Waals surface area contributed by atoms with E-state index in [4.69, 9.17) is 0 Å². The van der Waals surface area contributed by atoms with Crippen LogP contribution in [0.4, 0.5) is 5.69 Å². The molecule has 138 valence electrons. The molecule has 5 heteroatoms.